The van der Waals surface area contributed by atoms with Crippen LogP contribution < -0.4 is 46.8 Å². The van der Waals surface area contributed by atoms with Crippen LogP contribution in [0.5, 0.6) is 11.6 Å². The minimum absolute atomic E-state index is 0.0746. The van der Waals surface area contributed by atoms with Crippen LogP contribution in [0.25, 0.3) is 92.5 Å². The van der Waals surface area contributed by atoms with Gasteiger partial charge in [0.05, 0.1) is 90.9 Å². The molecule has 15 aromatic rings. The first-order valence-corrected chi connectivity index (χ1v) is 40.4. The molecule has 30 heteroatoms. The lowest BCUT2D eigenvalue weighted by molar-refractivity contribution is 0.343. The number of aromatic nitrogens is 12. The Hall–Kier alpha value is -15.2. The molecule has 9 heterocycles. The molecule has 9 aromatic heterocycles. The maximum atomic E-state index is 14.3. The third-order valence-corrected chi connectivity index (χ3v) is 20.7. The van der Waals surface area contributed by atoms with Crippen LogP contribution in [-0.2, 0) is 19.9 Å². The van der Waals surface area contributed by atoms with Crippen molar-refractivity contribution in [3.8, 4) is 68.1 Å². The second-order valence-electron chi connectivity index (χ2n) is 27.3. The summed E-state index contributed by atoms with van der Waals surface area (Å²) in [5.74, 6) is 3.59. The van der Waals surface area contributed by atoms with E-state index in [2.05, 4.69) is 81.3 Å². The predicted molar refractivity (Wildman–Crippen MR) is 457 cm³/mol. The number of fused-ring (bicyclic) bond motifs is 3. The van der Waals surface area contributed by atoms with Crippen LogP contribution >= 0.6 is 0 Å². The standard InChI is InChI=1S/C30H26N6O3.C29H25N7O3S.C29H24N6O3S/c1-18(34-28-22(15-31)17-32-19(2)35-28)25-13-20-9-8-12-24(21-14-26(38-3)29(39-4)33-16-21)27(20)30(37)36(25)23-10-6-5-7-11-23;1-18(33-28-25(30-3)17-32-19(2)34-28)26-14-20-9-8-12-24(21-13-22(16-31-15-21)35-40(4,38)39)27(20)29(37)36(26)23-10-6-5-7-11-23;1-18(33-28-25(30-3)17-32-19(2)34-28)26-14-20-9-8-12-24(21-13-23(16-31-15-21)39(4,37)38)27(20)29(36)35(26)22-10-6-5-7-11-22/h5-14,16-18H,1-4H3,(H,32,34,35);5-18,35H,1-2,4H3,(H,32,33,34);5-18H,1-2,4H3,(H,32,33,34)/t3*18-/m000/s1. The molecule has 4 N–H and O–H groups in total. The first-order chi connectivity index (χ1) is 56.8. The van der Waals surface area contributed by atoms with Crippen molar-refractivity contribution in [2.24, 2.45) is 0 Å². The average Bonchev–Trinajstić information content (AvgIpc) is 0.758. The van der Waals surface area contributed by atoms with E-state index in [4.69, 9.17) is 22.6 Å². The monoisotopic (exact) mass is 1610 g/mol. The molecule has 588 valence electrons. The molecular formula is C88H75N19O9S2. The number of sulfone groups is 1. The molecule has 15 rings (SSSR count). The fraction of sp³-hybridized carbons (Fsp3) is 0.148. The zero-order valence-electron chi connectivity index (χ0n) is 65.4. The minimum Gasteiger partial charge on any atom is -0.491 e. The van der Waals surface area contributed by atoms with Gasteiger partial charge in [-0.05, 0) is 147 Å². The van der Waals surface area contributed by atoms with E-state index in [1.54, 1.807) is 72.3 Å². The smallest absolute Gasteiger partial charge is 0.263 e. The maximum absolute atomic E-state index is 14.3. The number of sulfonamides is 1. The molecule has 0 fully saturated rings. The van der Waals surface area contributed by atoms with Crippen LogP contribution in [0.4, 0.5) is 34.5 Å². The zero-order chi connectivity index (χ0) is 83.7. The van der Waals surface area contributed by atoms with Gasteiger partial charge in [0.1, 0.15) is 46.6 Å². The van der Waals surface area contributed by atoms with E-state index >= 15 is 0 Å². The van der Waals surface area contributed by atoms with Crippen molar-refractivity contribution in [3.05, 3.63) is 326 Å². The molecule has 0 saturated carbocycles. The van der Waals surface area contributed by atoms with Crippen molar-refractivity contribution >= 4 is 86.7 Å². The van der Waals surface area contributed by atoms with Crippen molar-refractivity contribution in [1.29, 1.82) is 5.26 Å². The summed E-state index contributed by atoms with van der Waals surface area (Å²) in [4.78, 5) is 88.3. The normalized spacial score (nSPS) is 11.9. The van der Waals surface area contributed by atoms with Gasteiger partial charge >= 0.3 is 0 Å². The van der Waals surface area contributed by atoms with Crippen molar-refractivity contribution in [2.75, 3.05) is 47.4 Å². The number of anilines is 4. The second kappa shape index (κ2) is 34.6. The number of pyridine rings is 6. The van der Waals surface area contributed by atoms with Crippen LogP contribution in [-0.4, -0.2) is 102 Å². The van der Waals surface area contributed by atoms with Gasteiger partial charge < -0.3 is 25.4 Å². The zero-order valence-corrected chi connectivity index (χ0v) is 67.0. The van der Waals surface area contributed by atoms with Gasteiger partial charge in [0, 0.05) is 94.3 Å². The summed E-state index contributed by atoms with van der Waals surface area (Å²) in [6, 6.07) is 56.4. The highest BCUT2D eigenvalue weighted by molar-refractivity contribution is 7.92. The van der Waals surface area contributed by atoms with E-state index in [-0.39, 0.29) is 39.0 Å². The summed E-state index contributed by atoms with van der Waals surface area (Å²) < 4.78 is 66.1. The van der Waals surface area contributed by atoms with Gasteiger partial charge in [-0.2, -0.15) is 5.26 Å². The number of nitriles is 1. The Morgan fingerprint density at radius 3 is 1.23 bits per heavy atom. The third kappa shape index (κ3) is 17.5. The van der Waals surface area contributed by atoms with E-state index in [1.165, 1.54) is 44.2 Å². The molecule has 28 nitrogen and oxygen atoms in total. The van der Waals surface area contributed by atoms with Gasteiger partial charge in [-0.1, -0.05) is 109 Å². The summed E-state index contributed by atoms with van der Waals surface area (Å²) in [7, 11) is -3.92. The quantitative estimate of drug-likeness (QED) is 0.0515. The van der Waals surface area contributed by atoms with Gasteiger partial charge in [-0.3, -0.25) is 52.7 Å². The lowest BCUT2D eigenvalue weighted by atomic mass is 9.98. The molecule has 0 amide bonds. The molecule has 6 aromatic carbocycles. The predicted octanol–water partition coefficient (Wildman–Crippen LogP) is 15.7. The number of hydrogen-bond acceptors (Lipinski definition) is 22. The minimum atomic E-state index is -3.51. The second-order valence-corrected chi connectivity index (χ2v) is 31.1. The largest absolute Gasteiger partial charge is 0.491 e. The Kier molecular flexibility index (Phi) is 23.7. The van der Waals surface area contributed by atoms with E-state index in [0.29, 0.717) is 141 Å². The van der Waals surface area contributed by atoms with Crippen molar-refractivity contribution in [2.45, 2.75) is 64.6 Å². The molecule has 0 saturated heterocycles. The highest BCUT2D eigenvalue weighted by atomic mass is 32.2. The molecule has 0 aliphatic rings. The molecule has 0 bridgehead atoms. The molecule has 0 radical (unpaired) electrons. The number of para-hydroxylation sites is 3. The van der Waals surface area contributed by atoms with Crippen LogP contribution in [0, 0.1) is 45.2 Å². The fourth-order valence-electron chi connectivity index (χ4n) is 13.7. The van der Waals surface area contributed by atoms with E-state index in [9.17, 15) is 36.5 Å². The summed E-state index contributed by atoms with van der Waals surface area (Å²) in [6.07, 6.45) is 14.1. The van der Waals surface area contributed by atoms with Crippen LogP contribution in [0.2, 0.25) is 0 Å². The lowest BCUT2D eigenvalue weighted by Gasteiger charge is -2.22. The highest BCUT2D eigenvalue weighted by Crippen LogP contribution is 2.38. The fourth-order valence-corrected chi connectivity index (χ4v) is 14.8. The van der Waals surface area contributed by atoms with E-state index in [0.717, 1.165) is 29.0 Å². The number of aryl methyl sites for hydroxylation is 3. The number of nitrogens with zero attached hydrogens (tertiary/aromatic N) is 15. The third-order valence-electron chi connectivity index (χ3n) is 19.1. The number of ether oxygens (including phenoxy) is 2. The van der Waals surface area contributed by atoms with Crippen LogP contribution in [0.3, 0.4) is 0 Å². The summed E-state index contributed by atoms with van der Waals surface area (Å²) in [6.45, 7) is 26.0. The molecule has 0 aliphatic heterocycles. The Labute approximate surface area is 678 Å². The Morgan fingerprint density at radius 1 is 0.449 bits per heavy atom. The topological polar surface area (TPSA) is 349 Å². The van der Waals surface area contributed by atoms with Gasteiger partial charge in [0.15, 0.2) is 15.6 Å². The van der Waals surface area contributed by atoms with Crippen molar-refractivity contribution < 1.29 is 26.3 Å². The molecule has 3 atom stereocenters. The van der Waals surface area contributed by atoms with Gasteiger partial charge in [0.2, 0.25) is 21.4 Å². The van der Waals surface area contributed by atoms with E-state index < -0.39 is 31.9 Å². The van der Waals surface area contributed by atoms with Crippen LogP contribution in [0.15, 0.2) is 251 Å². The highest BCUT2D eigenvalue weighted by Gasteiger charge is 2.26. The molecule has 0 aliphatic carbocycles. The SMILES string of the molecule is COc1cc(-c2cccc3cc([C@H](C)Nc4nc(C)ncc4C#N)n(-c4ccccc4)c(=O)c23)cnc1OC.[C-]#[N+]c1cnc(C)nc1N[C@@H](C)c1cc2cccc(-c3cncc(NS(C)(=O)=O)c3)c2c(=O)n1-c1ccccc1.[C-]#[N+]c1cnc(C)nc1N[C@@H](C)c1cc2cccc(-c3cncc(S(C)(=O)=O)c3)c2c(=O)n1-c1ccccc1. The first-order valence-electron chi connectivity index (χ1n) is 36.6. The van der Waals surface area contributed by atoms with Gasteiger partial charge in [-0.25, -0.2) is 51.4 Å². The molecule has 118 heavy (non-hydrogen) atoms. The molecule has 0 unspecified atom stereocenters. The van der Waals surface area contributed by atoms with Crippen LogP contribution in [0.1, 0.15) is 79.0 Å². The molecule has 0 spiro atoms. The molecular weight excluding hydrogens is 1530 g/mol. The Balaban J connectivity index is 0.000000153. The summed E-state index contributed by atoms with van der Waals surface area (Å²) in [5.41, 5.74) is 8.31. The number of nitrogens with one attached hydrogen (secondary N) is 4. The lowest BCUT2D eigenvalue weighted by Crippen LogP contribution is -2.26. The summed E-state index contributed by atoms with van der Waals surface area (Å²) in [5, 5.41) is 23.1. The first kappa shape index (κ1) is 80.8. The number of benzene rings is 6. The van der Waals surface area contributed by atoms with Crippen molar-refractivity contribution in [3.63, 3.8) is 0 Å². The Bertz CT molecular complexity index is 6980. The summed E-state index contributed by atoms with van der Waals surface area (Å²) >= 11 is 0. The number of hydrogen-bond donors (Lipinski definition) is 4. The van der Waals surface area contributed by atoms with Gasteiger partial charge in [0.25, 0.3) is 22.6 Å². The number of methoxy groups -OCH3 is 2. The van der Waals surface area contributed by atoms with Crippen molar-refractivity contribution in [1.82, 2.24) is 58.6 Å². The number of rotatable bonds is 20. The average molecular weight is 1610 g/mol. The Morgan fingerprint density at radius 2 is 0.839 bits per heavy atom. The van der Waals surface area contributed by atoms with E-state index in [1.807, 2.05) is 185 Å². The van der Waals surface area contributed by atoms with Gasteiger partial charge in [-0.15, -0.1) is 0 Å². The maximum Gasteiger partial charge on any atom is 0.263 e.